The molecule has 8 heteroatoms. The molecular formula is C18H36O7S. The Kier molecular flexibility index (Phi) is 15.0. The molecule has 0 aliphatic heterocycles. The fourth-order valence-corrected chi connectivity index (χ4v) is 3.47. The molecule has 0 aromatic rings. The first kappa shape index (κ1) is 25.3. The van der Waals surface area contributed by atoms with Crippen LogP contribution in [0, 0.1) is 0 Å². The minimum absolute atomic E-state index is 0.158. The molecule has 0 aromatic heterocycles. The van der Waals surface area contributed by atoms with Gasteiger partial charge in [-0.15, -0.1) is 0 Å². The van der Waals surface area contributed by atoms with Crippen molar-refractivity contribution in [3.05, 3.63) is 0 Å². The molecule has 0 radical (unpaired) electrons. The van der Waals surface area contributed by atoms with E-state index in [1.54, 1.807) is 0 Å². The van der Waals surface area contributed by atoms with Crippen LogP contribution in [-0.2, 0) is 19.4 Å². The third-order valence-corrected chi connectivity index (χ3v) is 4.90. The van der Waals surface area contributed by atoms with Crippen molar-refractivity contribution in [3.8, 4) is 0 Å². The van der Waals surface area contributed by atoms with E-state index in [9.17, 15) is 18.3 Å². The summed E-state index contributed by atoms with van der Waals surface area (Å²) in [4.78, 5) is 10.4. The second-order valence-corrected chi connectivity index (χ2v) is 7.93. The Balaban J connectivity index is 4.08. The van der Waals surface area contributed by atoms with Crippen LogP contribution in [0.1, 0.15) is 96.8 Å². The van der Waals surface area contributed by atoms with Gasteiger partial charge in [0, 0.05) is 6.42 Å². The van der Waals surface area contributed by atoms with Crippen molar-refractivity contribution in [2.45, 2.75) is 109 Å². The smallest absolute Gasteiger partial charge is 0.397 e. The molecule has 156 valence electrons. The van der Waals surface area contributed by atoms with Crippen molar-refractivity contribution in [1.29, 1.82) is 0 Å². The molecule has 2 unspecified atom stereocenters. The van der Waals surface area contributed by atoms with Crippen molar-refractivity contribution >= 4 is 16.4 Å². The molecule has 0 aromatic carbocycles. The maximum atomic E-state index is 11.0. The normalized spacial score (nSPS) is 14.3. The summed E-state index contributed by atoms with van der Waals surface area (Å²) in [5, 5.41) is 18.8. The zero-order chi connectivity index (χ0) is 19.8. The van der Waals surface area contributed by atoms with E-state index >= 15 is 0 Å². The van der Waals surface area contributed by atoms with E-state index in [-0.39, 0.29) is 6.42 Å². The highest BCUT2D eigenvalue weighted by atomic mass is 32.3. The first-order valence-corrected chi connectivity index (χ1v) is 11.2. The number of carbonyl (C=O) groups is 1. The molecule has 26 heavy (non-hydrogen) atoms. The van der Waals surface area contributed by atoms with Gasteiger partial charge in [0.05, 0.1) is 6.10 Å². The topological polar surface area (TPSA) is 121 Å². The average Bonchev–Trinajstić information content (AvgIpc) is 2.54. The van der Waals surface area contributed by atoms with Crippen LogP contribution in [0.25, 0.3) is 0 Å². The average molecular weight is 397 g/mol. The quantitative estimate of drug-likeness (QED) is 0.235. The Morgan fingerprint density at radius 2 is 1.38 bits per heavy atom. The van der Waals surface area contributed by atoms with E-state index < -0.39 is 28.6 Å². The van der Waals surface area contributed by atoms with Gasteiger partial charge in [-0.1, -0.05) is 71.1 Å². The first-order chi connectivity index (χ1) is 12.3. The summed E-state index contributed by atoms with van der Waals surface area (Å²) in [6.45, 7) is 2.15. The van der Waals surface area contributed by atoms with E-state index in [1.807, 2.05) is 0 Å². The number of aliphatic hydroxyl groups is 1. The molecule has 0 bridgehead atoms. The maximum Gasteiger partial charge on any atom is 0.397 e. The summed E-state index contributed by atoms with van der Waals surface area (Å²) < 4.78 is 35.6. The van der Waals surface area contributed by atoms with Crippen LogP contribution in [0.2, 0.25) is 0 Å². The van der Waals surface area contributed by atoms with Crippen molar-refractivity contribution in [2.75, 3.05) is 0 Å². The van der Waals surface area contributed by atoms with E-state index in [2.05, 4.69) is 11.1 Å². The molecule has 0 aliphatic rings. The van der Waals surface area contributed by atoms with Crippen LogP contribution in [0.3, 0.4) is 0 Å². The first-order valence-electron chi connectivity index (χ1n) is 9.81. The lowest BCUT2D eigenvalue weighted by Gasteiger charge is -2.21. The van der Waals surface area contributed by atoms with E-state index in [0.29, 0.717) is 25.7 Å². The summed E-state index contributed by atoms with van der Waals surface area (Å²) in [6.07, 6.45) is 9.24. The lowest BCUT2D eigenvalue weighted by Crippen LogP contribution is -2.31. The lowest BCUT2D eigenvalue weighted by molar-refractivity contribution is -0.137. The Hall–Kier alpha value is -0.700. The Morgan fingerprint density at radius 1 is 0.885 bits per heavy atom. The molecule has 7 nitrogen and oxygen atoms in total. The SMILES string of the molecule is CCCCCCCCC(O)C(CCCCCCCC(=O)O)OS(=O)(=O)O. The zero-order valence-corrected chi connectivity index (χ0v) is 16.8. The second-order valence-electron chi connectivity index (χ2n) is 6.89. The van der Waals surface area contributed by atoms with Crippen LogP contribution < -0.4 is 0 Å². The maximum absolute atomic E-state index is 11.0. The fourth-order valence-electron chi connectivity index (χ4n) is 2.93. The van der Waals surface area contributed by atoms with Gasteiger partial charge in [0.1, 0.15) is 6.10 Å². The third kappa shape index (κ3) is 16.8. The van der Waals surface area contributed by atoms with Crippen LogP contribution in [0.5, 0.6) is 0 Å². The van der Waals surface area contributed by atoms with Gasteiger partial charge in [-0.2, -0.15) is 8.42 Å². The van der Waals surface area contributed by atoms with Crippen LogP contribution in [0.4, 0.5) is 0 Å². The largest absolute Gasteiger partial charge is 0.481 e. The van der Waals surface area contributed by atoms with Gasteiger partial charge >= 0.3 is 16.4 Å². The zero-order valence-electron chi connectivity index (χ0n) is 15.9. The number of carboxylic acids is 1. The standard InChI is InChI=1S/C18H36O7S/c1-2-3-4-5-7-10-13-16(19)17(25-26(22,23)24)14-11-8-6-9-12-15-18(20)21/h16-17,19H,2-15H2,1H3,(H,20,21)(H,22,23,24). The summed E-state index contributed by atoms with van der Waals surface area (Å²) >= 11 is 0. The van der Waals surface area contributed by atoms with Crippen molar-refractivity contribution < 1.29 is 32.2 Å². The Morgan fingerprint density at radius 3 is 1.92 bits per heavy atom. The molecule has 0 aliphatic carbocycles. The second kappa shape index (κ2) is 15.4. The number of carboxylic acid groups (broad SMARTS) is 1. The van der Waals surface area contributed by atoms with E-state index in [0.717, 1.165) is 38.5 Å². The van der Waals surface area contributed by atoms with Gasteiger partial charge in [0.25, 0.3) is 0 Å². The molecule has 0 spiro atoms. The number of aliphatic hydroxyl groups excluding tert-OH is 1. The highest BCUT2D eigenvalue weighted by Crippen LogP contribution is 2.19. The summed E-state index contributed by atoms with van der Waals surface area (Å²) in [5.41, 5.74) is 0. The van der Waals surface area contributed by atoms with Crippen molar-refractivity contribution in [3.63, 3.8) is 0 Å². The minimum atomic E-state index is -4.60. The Bertz CT molecular complexity index is 450. The highest BCUT2D eigenvalue weighted by molar-refractivity contribution is 7.80. The minimum Gasteiger partial charge on any atom is -0.481 e. The molecule has 0 rings (SSSR count). The van der Waals surface area contributed by atoms with E-state index in [4.69, 9.17) is 9.66 Å². The van der Waals surface area contributed by atoms with Crippen molar-refractivity contribution in [1.82, 2.24) is 0 Å². The van der Waals surface area contributed by atoms with Crippen LogP contribution in [0.15, 0.2) is 0 Å². The summed E-state index contributed by atoms with van der Waals surface area (Å²) in [5.74, 6) is -0.801. The van der Waals surface area contributed by atoms with Gasteiger partial charge in [-0.05, 0) is 19.3 Å². The number of hydrogen-bond acceptors (Lipinski definition) is 5. The number of rotatable bonds is 18. The van der Waals surface area contributed by atoms with Gasteiger partial charge in [0.15, 0.2) is 0 Å². The van der Waals surface area contributed by atoms with Gasteiger partial charge in [0.2, 0.25) is 0 Å². The van der Waals surface area contributed by atoms with Crippen LogP contribution in [-0.4, -0.2) is 41.4 Å². The molecule has 0 amide bonds. The summed E-state index contributed by atoms with van der Waals surface area (Å²) in [6, 6.07) is 0. The molecule has 0 heterocycles. The number of hydrogen-bond donors (Lipinski definition) is 3. The molecule has 0 fully saturated rings. The van der Waals surface area contributed by atoms with Crippen LogP contribution >= 0.6 is 0 Å². The fraction of sp³-hybridized carbons (Fsp3) is 0.944. The monoisotopic (exact) mass is 396 g/mol. The van der Waals surface area contributed by atoms with Gasteiger partial charge in [-0.3, -0.25) is 9.35 Å². The Labute approximate surface area is 158 Å². The predicted molar refractivity (Wildman–Crippen MR) is 100 cm³/mol. The van der Waals surface area contributed by atoms with Crippen molar-refractivity contribution in [2.24, 2.45) is 0 Å². The molecular weight excluding hydrogens is 360 g/mol. The predicted octanol–water partition coefficient (Wildman–Crippen LogP) is 4.10. The third-order valence-electron chi connectivity index (χ3n) is 4.41. The number of unbranched alkanes of at least 4 members (excludes halogenated alkanes) is 9. The molecule has 3 N–H and O–H groups in total. The van der Waals surface area contributed by atoms with Gasteiger partial charge in [-0.25, -0.2) is 4.18 Å². The molecule has 0 saturated carbocycles. The number of aliphatic carboxylic acids is 1. The molecule has 0 saturated heterocycles. The summed E-state index contributed by atoms with van der Waals surface area (Å²) in [7, 11) is -4.60. The van der Waals surface area contributed by atoms with E-state index in [1.165, 1.54) is 19.3 Å². The molecule has 2 atom stereocenters. The lowest BCUT2D eigenvalue weighted by atomic mass is 9.99. The van der Waals surface area contributed by atoms with Gasteiger partial charge < -0.3 is 10.2 Å². The highest BCUT2D eigenvalue weighted by Gasteiger charge is 2.24.